The number of nitrogens with zero attached hydrogens (tertiary/aromatic N) is 1. The van der Waals surface area contributed by atoms with Gasteiger partial charge in [-0.05, 0) is 49.9 Å². The van der Waals surface area contributed by atoms with Gasteiger partial charge in [0.1, 0.15) is 0 Å². The molecule has 22 heavy (non-hydrogen) atoms. The number of aliphatic carboxylic acids is 1. The zero-order valence-electron chi connectivity index (χ0n) is 12.7. The molecule has 6 nitrogen and oxygen atoms in total. The van der Waals surface area contributed by atoms with Crippen LogP contribution in [-0.2, 0) is 14.8 Å². The third-order valence-corrected chi connectivity index (χ3v) is 5.68. The van der Waals surface area contributed by atoms with Gasteiger partial charge in [-0.1, -0.05) is 12.1 Å². The molecular formula is C15H22N2O4S. The number of rotatable bonds is 6. The number of hydrogen-bond donors (Lipinski definition) is 2. The fourth-order valence-corrected chi connectivity index (χ4v) is 4.38. The first-order valence-corrected chi connectivity index (χ1v) is 8.83. The number of carbonyl (C=O) groups is 1. The summed E-state index contributed by atoms with van der Waals surface area (Å²) in [6.45, 7) is 3.25. The van der Waals surface area contributed by atoms with E-state index in [1.807, 2.05) is 13.0 Å². The van der Waals surface area contributed by atoms with Crippen molar-refractivity contribution in [3.05, 3.63) is 29.8 Å². The molecule has 0 aliphatic carbocycles. The van der Waals surface area contributed by atoms with E-state index in [0.29, 0.717) is 24.5 Å². The Hall–Kier alpha value is -1.44. The number of nitrogens with one attached hydrogen (secondary N) is 1. The van der Waals surface area contributed by atoms with E-state index in [1.54, 1.807) is 18.2 Å². The molecule has 2 N–H and O–H groups in total. The molecule has 1 unspecified atom stereocenters. The molecule has 0 radical (unpaired) electrons. The Morgan fingerprint density at radius 2 is 2.23 bits per heavy atom. The van der Waals surface area contributed by atoms with E-state index in [2.05, 4.69) is 5.32 Å². The molecule has 1 aromatic carbocycles. The lowest BCUT2D eigenvalue weighted by Gasteiger charge is -2.32. The quantitative estimate of drug-likeness (QED) is 0.816. The lowest BCUT2D eigenvalue weighted by molar-refractivity contribution is -0.136. The summed E-state index contributed by atoms with van der Waals surface area (Å²) in [4.78, 5) is 10.8. The van der Waals surface area contributed by atoms with Crippen LogP contribution in [0, 0.1) is 12.8 Å². The van der Waals surface area contributed by atoms with Crippen molar-refractivity contribution >= 4 is 16.0 Å². The summed E-state index contributed by atoms with van der Waals surface area (Å²) in [7, 11) is -3.47. The number of carboxylic acids is 1. The molecule has 0 aromatic heterocycles. The Kier molecular flexibility index (Phi) is 5.55. The maximum Gasteiger partial charge on any atom is 0.317 e. The highest BCUT2D eigenvalue weighted by molar-refractivity contribution is 7.89. The van der Waals surface area contributed by atoms with Crippen LogP contribution in [-0.4, -0.2) is 50.0 Å². The number of carboxylic acid groups (broad SMARTS) is 1. The summed E-state index contributed by atoms with van der Waals surface area (Å²) < 4.78 is 26.9. The maximum atomic E-state index is 12.7. The maximum absolute atomic E-state index is 12.7. The Labute approximate surface area is 131 Å². The van der Waals surface area contributed by atoms with Crippen molar-refractivity contribution in [1.82, 2.24) is 9.62 Å². The van der Waals surface area contributed by atoms with Crippen molar-refractivity contribution in [3.8, 4) is 0 Å². The third-order valence-electron chi connectivity index (χ3n) is 3.82. The normalized spacial score (nSPS) is 20.0. The van der Waals surface area contributed by atoms with Gasteiger partial charge in [0.25, 0.3) is 0 Å². The molecule has 0 spiro atoms. The first kappa shape index (κ1) is 16.9. The number of aryl methyl sites for hydroxylation is 1. The monoisotopic (exact) mass is 326 g/mol. The fourth-order valence-electron chi connectivity index (χ4n) is 2.72. The topological polar surface area (TPSA) is 86.7 Å². The van der Waals surface area contributed by atoms with Crippen LogP contribution in [0.5, 0.6) is 0 Å². The van der Waals surface area contributed by atoms with E-state index in [-0.39, 0.29) is 12.5 Å². The molecule has 1 saturated heterocycles. The molecule has 0 bridgehead atoms. The molecule has 1 atom stereocenters. The van der Waals surface area contributed by atoms with Crippen LogP contribution in [0.3, 0.4) is 0 Å². The minimum atomic E-state index is -3.47. The van der Waals surface area contributed by atoms with Gasteiger partial charge in [0.05, 0.1) is 11.4 Å². The van der Waals surface area contributed by atoms with E-state index >= 15 is 0 Å². The van der Waals surface area contributed by atoms with Crippen LogP contribution in [0.2, 0.25) is 0 Å². The SMILES string of the molecule is Cc1cccc(S(=O)(=O)N2CCCC(CNCC(=O)O)C2)c1. The largest absolute Gasteiger partial charge is 0.480 e. The van der Waals surface area contributed by atoms with Gasteiger partial charge in [0.15, 0.2) is 0 Å². The second kappa shape index (κ2) is 7.21. The van der Waals surface area contributed by atoms with Crippen LogP contribution in [0.1, 0.15) is 18.4 Å². The molecule has 2 rings (SSSR count). The van der Waals surface area contributed by atoms with Gasteiger partial charge in [-0.3, -0.25) is 4.79 Å². The standard InChI is InChI=1S/C15H22N2O4S/c1-12-4-2-6-14(8-12)22(20,21)17-7-3-5-13(11-17)9-16-10-15(18)19/h2,4,6,8,13,16H,3,5,7,9-11H2,1H3,(H,18,19). The molecule has 1 aliphatic heterocycles. The number of benzene rings is 1. The first-order valence-electron chi connectivity index (χ1n) is 7.39. The van der Waals surface area contributed by atoms with Crippen LogP contribution in [0.15, 0.2) is 29.2 Å². The van der Waals surface area contributed by atoms with Crippen molar-refractivity contribution in [2.24, 2.45) is 5.92 Å². The molecule has 1 heterocycles. The Balaban J connectivity index is 2.03. The van der Waals surface area contributed by atoms with E-state index in [9.17, 15) is 13.2 Å². The zero-order valence-corrected chi connectivity index (χ0v) is 13.5. The smallest absolute Gasteiger partial charge is 0.317 e. The summed E-state index contributed by atoms with van der Waals surface area (Å²) in [6.07, 6.45) is 1.71. The van der Waals surface area contributed by atoms with Gasteiger partial charge in [0, 0.05) is 13.1 Å². The van der Waals surface area contributed by atoms with Crippen LogP contribution in [0.25, 0.3) is 0 Å². The van der Waals surface area contributed by atoms with Gasteiger partial charge in [-0.2, -0.15) is 4.31 Å². The minimum Gasteiger partial charge on any atom is -0.480 e. The van der Waals surface area contributed by atoms with Crippen LogP contribution in [0.4, 0.5) is 0 Å². The van der Waals surface area contributed by atoms with Crippen LogP contribution < -0.4 is 5.32 Å². The molecular weight excluding hydrogens is 304 g/mol. The predicted octanol–water partition coefficient (Wildman–Crippen LogP) is 1.07. The lowest BCUT2D eigenvalue weighted by Crippen LogP contribution is -2.43. The van der Waals surface area contributed by atoms with Crippen LogP contribution >= 0.6 is 0 Å². The number of hydrogen-bond acceptors (Lipinski definition) is 4. The predicted molar refractivity (Wildman–Crippen MR) is 83.2 cm³/mol. The van der Waals surface area contributed by atoms with E-state index in [4.69, 9.17) is 5.11 Å². The van der Waals surface area contributed by atoms with Crippen molar-refractivity contribution in [2.45, 2.75) is 24.7 Å². The summed E-state index contributed by atoms with van der Waals surface area (Å²) in [6, 6.07) is 6.92. The molecule has 7 heteroatoms. The van der Waals surface area contributed by atoms with Gasteiger partial charge in [-0.25, -0.2) is 8.42 Å². The van der Waals surface area contributed by atoms with Crippen molar-refractivity contribution in [1.29, 1.82) is 0 Å². The van der Waals surface area contributed by atoms with Crippen molar-refractivity contribution < 1.29 is 18.3 Å². The Bertz CT molecular complexity index is 630. The molecule has 1 aromatic rings. The second-order valence-corrected chi connectivity index (χ2v) is 7.65. The molecule has 0 amide bonds. The van der Waals surface area contributed by atoms with Gasteiger partial charge in [-0.15, -0.1) is 0 Å². The molecule has 0 saturated carbocycles. The molecule has 122 valence electrons. The summed E-state index contributed by atoms with van der Waals surface area (Å²) in [5.74, 6) is -0.757. The molecule has 1 aliphatic rings. The summed E-state index contributed by atoms with van der Waals surface area (Å²) in [5.41, 5.74) is 0.915. The minimum absolute atomic E-state index is 0.0961. The zero-order chi connectivity index (χ0) is 16.2. The highest BCUT2D eigenvalue weighted by Gasteiger charge is 2.30. The average molecular weight is 326 g/mol. The van der Waals surface area contributed by atoms with Gasteiger partial charge < -0.3 is 10.4 Å². The highest BCUT2D eigenvalue weighted by atomic mass is 32.2. The van der Waals surface area contributed by atoms with Gasteiger partial charge in [0.2, 0.25) is 10.0 Å². The third kappa shape index (κ3) is 4.28. The Morgan fingerprint density at radius 1 is 1.45 bits per heavy atom. The summed E-state index contributed by atoms with van der Waals surface area (Å²) >= 11 is 0. The molecule has 1 fully saturated rings. The van der Waals surface area contributed by atoms with E-state index in [0.717, 1.165) is 18.4 Å². The number of piperidine rings is 1. The number of sulfonamides is 1. The van der Waals surface area contributed by atoms with Gasteiger partial charge >= 0.3 is 5.97 Å². The Morgan fingerprint density at radius 3 is 2.91 bits per heavy atom. The first-order chi connectivity index (χ1) is 10.4. The second-order valence-electron chi connectivity index (χ2n) is 5.71. The average Bonchev–Trinajstić information content (AvgIpc) is 2.47. The van der Waals surface area contributed by atoms with Crippen molar-refractivity contribution in [3.63, 3.8) is 0 Å². The van der Waals surface area contributed by atoms with E-state index < -0.39 is 16.0 Å². The summed E-state index contributed by atoms with van der Waals surface area (Å²) in [5, 5.41) is 11.5. The highest BCUT2D eigenvalue weighted by Crippen LogP contribution is 2.23. The fraction of sp³-hybridized carbons (Fsp3) is 0.533. The van der Waals surface area contributed by atoms with E-state index in [1.165, 1.54) is 4.31 Å². The van der Waals surface area contributed by atoms with Crippen molar-refractivity contribution in [2.75, 3.05) is 26.2 Å². The lowest BCUT2D eigenvalue weighted by atomic mass is 10.00.